The first-order valence-electron chi connectivity index (χ1n) is 4.16. The highest BCUT2D eigenvalue weighted by Gasteiger charge is 2.39. The fraction of sp³-hybridized carbons (Fsp3) is 0.667. The van der Waals surface area contributed by atoms with Gasteiger partial charge in [0.15, 0.2) is 5.41 Å². The zero-order valence-corrected chi connectivity index (χ0v) is 7.16. The maximum atomic E-state index is 10.4. The fourth-order valence-corrected chi connectivity index (χ4v) is 1.34. The summed E-state index contributed by atoms with van der Waals surface area (Å²) in [5.74, 6) is -0.692. The van der Waals surface area contributed by atoms with Crippen molar-refractivity contribution in [2.45, 2.75) is 25.7 Å². The molecule has 4 nitrogen and oxygen atoms in total. The first-order valence-corrected chi connectivity index (χ1v) is 4.16. The Morgan fingerprint density at radius 2 is 2.00 bits per heavy atom. The van der Waals surface area contributed by atoms with E-state index in [0.717, 1.165) is 12.8 Å². The smallest absolute Gasteiger partial charge is 0.306 e. The molecule has 0 unspecified atom stereocenters. The fourth-order valence-electron chi connectivity index (χ4n) is 1.34. The third-order valence-corrected chi connectivity index (χ3v) is 2.22. The molecule has 68 valence electrons. The summed E-state index contributed by atoms with van der Waals surface area (Å²) in [6.07, 6.45) is 2.08. The molecule has 0 heterocycles. The molecule has 0 aromatic heterocycles. The first kappa shape index (κ1) is 9.54. The van der Waals surface area contributed by atoms with Crippen LogP contribution in [0.15, 0.2) is 0 Å². The van der Waals surface area contributed by atoms with Gasteiger partial charge in [0.1, 0.15) is 0 Å². The highest BCUT2D eigenvalue weighted by molar-refractivity contribution is 5.69. The van der Waals surface area contributed by atoms with Crippen molar-refractivity contribution in [1.29, 1.82) is 10.5 Å². The van der Waals surface area contributed by atoms with E-state index in [1.54, 1.807) is 0 Å². The van der Waals surface area contributed by atoms with Crippen LogP contribution in [0.4, 0.5) is 0 Å². The van der Waals surface area contributed by atoms with E-state index in [-0.39, 0.29) is 6.42 Å². The molecule has 0 spiro atoms. The van der Waals surface area contributed by atoms with Gasteiger partial charge in [0.25, 0.3) is 0 Å². The van der Waals surface area contributed by atoms with Crippen molar-refractivity contribution in [1.82, 2.24) is 0 Å². The number of nitriles is 2. The van der Waals surface area contributed by atoms with Gasteiger partial charge in [0, 0.05) is 0 Å². The van der Waals surface area contributed by atoms with E-state index in [2.05, 4.69) is 0 Å². The third kappa shape index (κ3) is 2.45. The number of nitrogens with zero attached hydrogens (tertiary/aromatic N) is 2. The second-order valence-corrected chi connectivity index (χ2v) is 3.52. The Labute approximate surface area is 76.4 Å². The Bertz CT molecular complexity index is 280. The van der Waals surface area contributed by atoms with Crippen molar-refractivity contribution in [3.8, 4) is 12.1 Å². The van der Waals surface area contributed by atoms with Gasteiger partial charge >= 0.3 is 5.97 Å². The summed E-state index contributed by atoms with van der Waals surface area (Å²) in [4.78, 5) is 10.4. The summed E-state index contributed by atoms with van der Waals surface area (Å²) in [6.45, 7) is 0. The topological polar surface area (TPSA) is 84.9 Å². The van der Waals surface area contributed by atoms with E-state index in [9.17, 15) is 4.79 Å². The minimum atomic E-state index is -1.30. The lowest BCUT2D eigenvalue weighted by molar-refractivity contribution is -0.138. The SMILES string of the molecule is N#CC(C#N)(CC(=O)O)CC1CC1. The molecule has 13 heavy (non-hydrogen) atoms. The van der Waals surface area contributed by atoms with Gasteiger partial charge in [-0.15, -0.1) is 0 Å². The summed E-state index contributed by atoms with van der Waals surface area (Å²) in [6, 6.07) is 3.65. The van der Waals surface area contributed by atoms with Gasteiger partial charge < -0.3 is 5.11 Å². The zero-order valence-electron chi connectivity index (χ0n) is 7.16. The molecule has 0 atom stereocenters. The van der Waals surface area contributed by atoms with Crippen LogP contribution in [0, 0.1) is 34.0 Å². The van der Waals surface area contributed by atoms with Crippen LogP contribution < -0.4 is 0 Å². The van der Waals surface area contributed by atoms with E-state index in [1.807, 2.05) is 12.1 Å². The van der Waals surface area contributed by atoms with Crippen LogP contribution in [0.25, 0.3) is 0 Å². The van der Waals surface area contributed by atoms with Crippen LogP contribution in [-0.2, 0) is 4.79 Å². The van der Waals surface area contributed by atoms with Gasteiger partial charge in [-0.3, -0.25) is 4.79 Å². The lowest BCUT2D eigenvalue weighted by atomic mass is 9.82. The van der Waals surface area contributed by atoms with Crippen molar-refractivity contribution in [3.05, 3.63) is 0 Å². The van der Waals surface area contributed by atoms with Gasteiger partial charge in [-0.2, -0.15) is 10.5 Å². The Morgan fingerprint density at radius 1 is 1.46 bits per heavy atom. The molecule has 0 amide bonds. The predicted molar refractivity (Wildman–Crippen MR) is 43.3 cm³/mol. The quantitative estimate of drug-likeness (QED) is 0.702. The zero-order chi connectivity index (χ0) is 9.90. The maximum Gasteiger partial charge on any atom is 0.306 e. The maximum absolute atomic E-state index is 10.4. The highest BCUT2D eigenvalue weighted by Crippen LogP contribution is 2.41. The molecule has 0 aromatic carbocycles. The summed E-state index contributed by atoms with van der Waals surface area (Å²) >= 11 is 0. The molecule has 1 aliphatic rings. The second kappa shape index (κ2) is 3.45. The van der Waals surface area contributed by atoms with Crippen molar-refractivity contribution in [2.75, 3.05) is 0 Å². The Hall–Kier alpha value is -1.55. The second-order valence-electron chi connectivity index (χ2n) is 3.52. The summed E-state index contributed by atoms with van der Waals surface area (Å²) in [5, 5.41) is 26.1. The van der Waals surface area contributed by atoms with Crippen LogP contribution >= 0.6 is 0 Å². The lowest BCUT2D eigenvalue weighted by Gasteiger charge is -2.14. The van der Waals surface area contributed by atoms with E-state index in [1.165, 1.54) is 0 Å². The number of hydrogen-bond donors (Lipinski definition) is 1. The molecule has 0 bridgehead atoms. The van der Waals surface area contributed by atoms with Crippen LogP contribution in [-0.4, -0.2) is 11.1 Å². The Morgan fingerprint density at radius 3 is 2.31 bits per heavy atom. The molecule has 1 N–H and O–H groups in total. The molecule has 1 fully saturated rings. The molecular weight excluding hydrogens is 168 g/mol. The lowest BCUT2D eigenvalue weighted by Crippen LogP contribution is -2.21. The first-order chi connectivity index (χ1) is 6.12. The van der Waals surface area contributed by atoms with Crippen LogP contribution in [0.2, 0.25) is 0 Å². The molecule has 4 heteroatoms. The van der Waals surface area contributed by atoms with E-state index in [0.29, 0.717) is 12.3 Å². The normalized spacial score (nSPS) is 15.8. The monoisotopic (exact) mass is 178 g/mol. The largest absolute Gasteiger partial charge is 0.481 e. The van der Waals surface area contributed by atoms with E-state index < -0.39 is 11.4 Å². The number of carboxylic acids is 1. The van der Waals surface area contributed by atoms with E-state index in [4.69, 9.17) is 15.6 Å². The summed E-state index contributed by atoms with van der Waals surface area (Å²) in [7, 11) is 0. The van der Waals surface area contributed by atoms with Crippen molar-refractivity contribution < 1.29 is 9.90 Å². The minimum Gasteiger partial charge on any atom is -0.481 e. The molecule has 0 saturated heterocycles. The molecule has 1 aliphatic carbocycles. The third-order valence-electron chi connectivity index (χ3n) is 2.22. The highest BCUT2D eigenvalue weighted by atomic mass is 16.4. The van der Waals surface area contributed by atoms with Crippen molar-refractivity contribution in [2.24, 2.45) is 11.3 Å². The molecule has 1 rings (SSSR count). The van der Waals surface area contributed by atoms with Crippen LogP contribution in [0.5, 0.6) is 0 Å². The van der Waals surface area contributed by atoms with Gasteiger partial charge in [0.2, 0.25) is 0 Å². The number of aliphatic carboxylic acids is 1. The number of carbonyl (C=O) groups is 1. The molecule has 0 radical (unpaired) electrons. The Kier molecular flexibility index (Phi) is 2.53. The number of hydrogen-bond acceptors (Lipinski definition) is 3. The van der Waals surface area contributed by atoms with Gasteiger partial charge in [-0.25, -0.2) is 0 Å². The van der Waals surface area contributed by atoms with Crippen LogP contribution in [0.1, 0.15) is 25.7 Å². The minimum absolute atomic E-state index is 0.365. The van der Waals surface area contributed by atoms with Crippen molar-refractivity contribution >= 4 is 5.97 Å². The van der Waals surface area contributed by atoms with Crippen molar-refractivity contribution in [3.63, 3.8) is 0 Å². The standard InChI is InChI=1S/C9H10N2O2/c10-5-9(6-11,4-8(12)13)3-7-1-2-7/h7H,1-4H2,(H,12,13). The van der Waals surface area contributed by atoms with E-state index >= 15 is 0 Å². The Balaban J connectivity index is 2.67. The predicted octanol–water partition coefficient (Wildman–Crippen LogP) is 1.29. The van der Waals surface area contributed by atoms with Gasteiger partial charge in [0.05, 0.1) is 18.6 Å². The summed E-state index contributed by atoms with van der Waals surface area (Å²) in [5.41, 5.74) is -1.30. The average molecular weight is 178 g/mol. The summed E-state index contributed by atoms with van der Waals surface area (Å²) < 4.78 is 0. The van der Waals surface area contributed by atoms with Crippen LogP contribution in [0.3, 0.4) is 0 Å². The molecule has 1 saturated carbocycles. The number of carboxylic acid groups (broad SMARTS) is 1. The molecular formula is C9H10N2O2. The number of rotatable bonds is 4. The van der Waals surface area contributed by atoms with Gasteiger partial charge in [-0.05, 0) is 12.3 Å². The average Bonchev–Trinajstić information content (AvgIpc) is 2.86. The molecule has 0 aromatic rings. The molecule has 0 aliphatic heterocycles. The van der Waals surface area contributed by atoms with Gasteiger partial charge in [-0.1, -0.05) is 12.8 Å².